The third-order valence-electron chi connectivity index (χ3n) is 3.16. The SMILES string of the molecule is COc1c(F)ccc(CCC2(N)CC2)c1O. The molecule has 88 valence electrons. The third-order valence-corrected chi connectivity index (χ3v) is 3.16. The maximum atomic E-state index is 13.2. The first-order chi connectivity index (χ1) is 7.56. The highest BCUT2D eigenvalue weighted by atomic mass is 19.1. The van der Waals surface area contributed by atoms with Crippen molar-refractivity contribution >= 4 is 0 Å². The van der Waals surface area contributed by atoms with E-state index < -0.39 is 5.82 Å². The second-order valence-corrected chi connectivity index (χ2v) is 4.45. The van der Waals surface area contributed by atoms with Crippen molar-refractivity contribution in [3.05, 3.63) is 23.5 Å². The number of methoxy groups -OCH3 is 1. The Morgan fingerprint density at radius 3 is 2.75 bits per heavy atom. The topological polar surface area (TPSA) is 55.5 Å². The van der Waals surface area contributed by atoms with Gasteiger partial charge in [-0.15, -0.1) is 0 Å². The molecule has 1 fully saturated rings. The number of ether oxygens (including phenoxy) is 1. The molecule has 4 heteroatoms. The molecule has 1 aromatic carbocycles. The maximum Gasteiger partial charge on any atom is 0.196 e. The van der Waals surface area contributed by atoms with Gasteiger partial charge in [0, 0.05) is 5.54 Å². The lowest BCUT2D eigenvalue weighted by Crippen LogP contribution is -2.22. The fourth-order valence-electron chi connectivity index (χ4n) is 1.78. The van der Waals surface area contributed by atoms with Crippen LogP contribution in [0.5, 0.6) is 11.5 Å². The summed E-state index contributed by atoms with van der Waals surface area (Å²) in [6.07, 6.45) is 3.53. The minimum Gasteiger partial charge on any atom is -0.504 e. The first-order valence-corrected chi connectivity index (χ1v) is 5.39. The van der Waals surface area contributed by atoms with Gasteiger partial charge in [-0.2, -0.15) is 0 Å². The maximum absolute atomic E-state index is 13.2. The summed E-state index contributed by atoms with van der Waals surface area (Å²) in [6, 6.07) is 2.89. The molecule has 0 unspecified atom stereocenters. The molecule has 0 bridgehead atoms. The molecule has 0 aliphatic heterocycles. The van der Waals surface area contributed by atoms with Crippen LogP contribution in [-0.2, 0) is 6.42 Å². The molecule has 1 saturated carbocycles. The number of benzene rings is 1. The van der Waals surface area contributed by atoms with Gasteiger partial charge in [0.2, 0.25) is 0 Å². The molecule has 1 aliphatic carbocycles. The molecule has 0 atom stereocenters. The zero-order valence-electron chi connectivity index (χ0n) is 9.29. The van der Waals surface area contributed by atoms with Gasteiger partial charge in [0.25, 0.3) is 0 Å². The fourth-order valence-corrected chi connectivity index (χ4v) is 1.78. The van der Waals surface area contributed by atoms with Gasteiger partial charge < -0.3 is 15.6 Å². The highest BCUT2D eigenvalue weighted by Gasteiger charge is 2.37. The smallest absolute Gasteiger partial charge is 0.196 e. The van der Waals surface area contributed by atoms with Gasteiger partial charge in [0.15, 0.2) is 17.3 Å². The molecule has 3 nitrogen and oxygen atoms in total. The van der Waals surface area contributed by atoms with Crippen LogP contribution in [0.25, 0.3) is 0 Å². The van der Waals surface area contributed by atoms with Crippen molar-refractivity contribution in [2.45, 2.75) is 31.2 Å². The molecule has 16 heavy (non-hydrogen) atoms. The normalized spacial score (nSPS) is 17.2. The van der Waals surface area contributed by atoms with E-state index in [0.717, 1.165) is 19.3 Å². The monoisotopic (exact) mass is 225 g/mol. The van der Waals surface area contributed by atoms with Crippen LogP contribution in [-0.4, -0.2) is 17.8 Å². The number of halogens is 1. The highest BCUT2D eigenvalue weighted by Crippen LogP contribution is 2.39. The first-order valence-electron chi connectivity index (χ1n) is 5.39. The van der Waals surface area contributed by atoms with E-state index >= 15 is 0 Å². The van der Waals surface area contributed by atoms with Gasteiger partial charge in [-0.25, -0.2) is 4.39 Å². The zero-order chi connectivity index (χ0) is 11.8. The summed E-state index contributed by atoms with van der Waals surface area (Å²) in [7, 11) is 1.34. The Morgan fingerprint density at radius 2 is 2.19 bits per heavy atom. The molecule has 0 amide bonds. The second-order valence-electron chi connectivity index (χ2n) is 4.45. The van der Waals surface area contributed by atoms with Gasteiger partial charge in [-0.3, -0.25) is 0 Å². The Kier molecular flexibility index (Phi) is 2.76. The van der Waals surface area contributed by atoms with E-state index in [4.69, 9.17) is 10.5 Å². The standard InChI is InChI=1S/C12H16FNO2/c1-16-11-9(13)3-2-8(10(11)15)4-5-12(14)6-7-12/h2-3,15H,4-7,14H2,1H3. The zero-order valence-corrected chi connectivity index (χ0v) is 9.29. The second kappa shape index (κ2) is 3.94. The molecule has 0 aromatic heterocycles. The molecular weight excluding hydrogens is 209 g/mol. The Hall–Kier alpha value is -1.29. The van der Waals surface area contributed by atoms with Crippen molar-refractivity contribution in [3.8, 4) is 11.5 Å². The van der Waals surface area contributed by atoms with Gasteiger partial charge in [0.05, 0.1) is 7.11 Å². The molecule has 0 heterocycles. The Morgan fingerprint density at radius 1 is 1.50 bits per heavy atom. The number of hydrogen-bond acceptors (Lipinski definition) is 3. The predicted octanol–water partition coefficient (Wildman–Crippen LogP) is 1.96. The van der Waals surface area contributed by atoms with E-state index in [1.807, 2.05) is 0 Å². The largest absolute Gasteiger partial charge is 0.504 e. The lowest BCUT2D eigenvalue weighted by Gasteiger charge is -2.12. The summed E-state index contributed by atoms with van der Waals surface area (Å²) in [5.74, 6) is -0.733. The van der Waals surface area contributed by atoms with Crippen LogP contribution < -0.4 is 10.5 Å². The lowest BCUT2D eigenvalue weighted by molar-refractivity contribution is 0.348. The summed E-state index contributed by atoms with van der Waals surface area (Å²) in [5, 5.41) is 9.78. The predicted molar refractivity (Wildman–Crippen MR) is 59.1 cm³/mol. The van der Waals surface area contributed by atoms with Gasteiger partial charge >= 0.3 is 0 Å². The van der Waals surface area contributed by atoms with Crippen LogP contribution in [0.1, 0.15) is 24.8 Å². The van der Waals surface area contributed by atoms with E-state index in [0.29, 0.717) is 12.0 Å². The van der Waals surface area contributed by atoms with Crippen molar-refractivity contribution in [3.63, 3.8) is 0 Å². The molecule has 0 radical (unpaired) electrons. The number of phenolic OH excluding ortho intramolecular Hbond substituents is 1. The number of nitrogens with two attached hydrogens (primary N) is 1. The number of aryl methyl sites for hydroxylation is 1. The Bertz CT molecular complexity index is 402. The Labute approximate surface area is 94.0 Å². The summed E-state index contributed by atoms with van der Waals surface area (Å²) < 4.78 is 18.0. The van der Waals surface area contributed by atoms with Crippen molar-refractivity contribution in [1.82, 2.24) is 0 Å². The number of aromatic hydroxyl groups is 1. The van der Waals surface area contributed by atoms with Crippen molar-refractivity contribution in [1.29, 1.82) is 0 Å². The van der Waals surface area contributed by atoms with E-state index in [1.54, 1.807) is 6.07 Å². The van der Waals surface area contributed by atoms with Crippen LogP contribution in [0.15, 0.2) is 12.1 Å². The molecular formula is C12H16FNO2. The van der Waals surface area contributed by atoms with Crippen molar-refractivity contribution in [2.75, 3.05) is 7.11 Å². The minimum atomic E-state index is -0.544. The molecule has 2 rings (SSSR count). The van der Waals surface area contributed by atoms with E-state index in [2.05, 4.69) is 0 Å². The molecule has 1 aromatic rings. The number of phenols is 1. The van der Waals surface area contributed by atoms with E-state index in [-0.39, 0.29) is 17.0 Å². The van der Waals surface area contributed by atoms with Gasteiger partial charge in [-0.1, -0.05) is 6.07 Å². The van der Waals surface area contributed by atoms with Crippen LogP contribution in [0, 0.1) is 5.82 Å². The number of hydrogen-bond donors (Lipinski definition) is 2. The Balaban J connectivity index is 2.14. The van der Waals surface area contributed by atoms with Crippen LogP contribution >= 0.6 is 0 Å². The van der Waals surface area contributed by atoms with E-state index in [1.165, 1.54) is 13.2 Å². The molecule has 0 saturated heterocycles. The summed E-state index contributed by atoms with van der Waals surface area (Å²) in [4.78, 5) is 0. The quantitative estimate of drug-likeness (QED) is 0.823. The van der Waals surface area contributed by atoms with Gasteiger partial charge in [0.1, 0.15) is 0 Å². The fraction of sp³-hybridized carbons (Fsp3) is 0.500. The van der Waals surface area contributed by atoms with Crippen LogP contribution in [0.4, 0.5) is 4.39 Å². The summed E-state index contributed by atoms with van der Waals surface area (Å²) in [6.45, 7) is 0. The van der Waals surface area contributed by atoms with Crippen LogP contribution in [0.3, 0.4) is 0 Å². The number of rotatable bonds is 4. The average Bonchev–Trinajstić information content (AvgIpc) is 2.97. The van der Waals surface area contributed by atoms with Crippen molar-refractivity contribution < 1.29 is 14.2 Å². The highest BCUT2D eigenvalue weighted by molar-refractivity contribution is 5.46. The minimum absolute atomic E-state index is 0.0614. The third kappa shape index (κ3) is 2.11. The first kappa shape index (κ1) is 11.2. The molecule has 3 N–H and O–H groups in total. The molecule has 0 spiro atoms. The lowest BCUT2D eigenvalue weighted by atomic mass is 10.0. The van der Waals surface area contributed by atoms with Crippen molar-refractivity contribution in [2.24, 2.45) is 5.73 Å². The summed E-state index contributed by atoms with van der Waals surface area (Å²) in [5.41, 5.74) is 6.59. The molecule has 1 aliphatic rings. The van der Waals surface area contributed by atoms with Gasteiger partial charge in [-0.05, 0) is 37.3 Å². The average molecular weight is 225 g/mol. The summed E-state index contributed by atoms with van der Waals surface area (Å²) >= 11 is 0. The van der Waals surface area contributed by atoms with Crippen LogP contribution in [0.2, 0.25) is 0 Å². The van der Waals surface area contributed by atoms with E-state index in [9.17, 15) is 9.50 Å².